The number of carbonyl (C=O) groups is 1. The van der Waals surface area contributed by atoms with Crippen LogP contribution in [0.25, 0.3) is 0 Å². The van der Waals surface area contributed by atoms with Crippen molar-refractivity contribution in [2.24, 2.45) is 0 Å². The molecule has 0 unspecified atom stereocenters. The van der Waals surface area contributed by atoms with Gasteiger partial charge in [0.15, 0.2) is 0 Å². The highest BCUT2D eigenvalue weighted by atomic mass is 79.9. The molecule has 2 aromatic rings. The van der Waals surface area contributed by atoms with Gasteiger partial charge in [0.05, 0.1) is 10.4 Å². The maximum atomic E-state index is 12.8. The Balaban J connectivity index is 2.24. The molecule has 0 N–H and O–H groups in total. The van der Waals surface area contributed by atoms with Crippen LogP contribution in [0.15, 0.2) is 45.3 Å². The molecular weight excluding hydrogens is 395 g/mol. The van der Waals surface area contributed by atoms with E-state index in [-0.39, 0.29) is 23.7 Å². The molecule has 2 aromatic carbocycles. The second kappa shape index (κ2) is 6.37. The van der Waals surface area contributed by atoms with E-state index >= 15 is 0 Å². The standard InChI is InChI=1S/C14H9Br2FO3/c15-9-5-11(14(18)19)13(12(16)6-9)20-7-8-1-3-10(17)4-2-8/h1-6H,7H2,(H,18,19)/p-1. The monoisotopic (exact) mass is 401 g/mol. The number of carbonyl (C=O) groups excluding carboxylic acids is 1. The van der Waals surface area contributed by atoms with E-state index < -0.39 is 5.97 Å². The number of benzene rings is 2. The van der Waals surface area contributed by atoms with Crippen LogP contribution in [0.3, 0.4) is 0 Å². The summed E-state index contributed by atoms with van der Waals surface area (Å²) in [4.78, 5) is 11.1. The topological polar surface area (TPSA) is 49.4 Å². The lowest BCUT2D eigenvalue weighted by Crippen LogP contribution is -2.23. The van der Waals surface area contributed by atoms with Gasteiger partial charge < -0.3 is 14.6 Å². The number of carboxylic acids is 1. The molecule has 0 radical (unpaired) electrons. The maximum Gasteiger partial charge on any atom is 0.143 e. The summed E-state index contributed by atoms with van der Waals surface area (Å²) >= 11 is 6.45. The van der Waals surface area contributed by atoms with Crippen molar-refractivity contribution in [1.82, 2.24) is 0 Å². The summed E-state index contributed by atoms with van der Waals surface area (Å²) < 4.78 is 19.4. The van der Waals surface area contributed by atoms with Crippen LogP contribution in [0.4, 0.5) is 4.39 Å². The molecule has 0 heterocycles. The number of hydrogen-bond donors (Lipinski definition) is 0. The Morgan fingerprint density at radius 3 is 2.45 bits per heavy atom. The van der Waals surface area contributed by atoms with Gasteiger partial charge in [-0.25, -0.2) is 4.39 Å². The summed E-state index contributed by atoms with van der Waals surface area (Å²) in [5, 5.41) is 11.1. The molecule has 6 heteroatoms. The van der Waals surface area contributed by atoms with Crippen LogP contribution in [0.5, 0.6) is 5.75 Å². The SMILES string of the molecule is O=C([O-])c1cc(Br)cc(Br)c1OCc1ccc(F)cc1. The minimum Gasteiger partial charge on any atom is -0.545 e. The molecule has 2 rings (SSSR count). The predicted octanol–water partition coefficient (Wildman–Crippen LogP) is 3.29. The first kappa shape index (κ1) is 15.0. The fourth-order valence-corrected chi connectivity index (χ4v) is 2.93. The van der Waals surface area contributed by atoms with Gasteiger partial charge in [-0.05, 0) is 45.8 Å². The van der Waals surface area contributed by atoms with Crippen LogP contribution in [0.2, 0.25) is 0 Å². The third-order valence-electron chi connectivity index (χ3n) is 2.52. The van der Waals surface area contributed by atoms with Gasteiger partial charge in [0.1, 0.15) is 18.2 Å². The molecule has 0 aliphatic heterocycles. The van der Waals surface area contributed by atoms with Crippen molar-refractivity contribution in [3.05, 3.63) is 62.3 Å². The van der Waals surface area contributed by atoms with Crippen LogP contribution in [0.1, 0.15) is 15.9 Å². The van der Waals surface area contributed by atoms with Gasteiger partial charge in [0, 0.05) is 10.0 Å². The van der Waals surface area contributed by atoms with Crippen molar-refractivity contribution >= 4 is 37.8 Å². The summed E-state index contributed by atoms with van der Waals surface area (Å²) in [6.45, 7) is 0.126. The first-order chi connectivity index (χ1) is 9.47. The van der Waals surface area contributed by atoms with Crippen molar-refractivity contribution in [2.75, 3.05) is 0 Å². The molecule has 0 amide bonds. The van der Waals surface area contributed by atoms with Gasteiger partial charge in [-0.3, -0.25) is 0 Å². The lowest BCUT2D eigenvalue weighted by molar-refractivity contribution is -0.255. The van der Waals surface area contributed by atoms with E-state index in [1.807, 2.05) is 0 Å². The van der Waals surface area contributed by atoms with Gasteiger partial charge in [-0.1, -0.05) is 28.1 Å². The second-order valence-corrected chi connectivity index (χ2v) is 5.74. The highest BCUT2D eigenvalue weighted by Gasteiger charge is 2.11. The Hall–Kier alpha value is -1.40. The van der Waals surface area contributed by atoms with E-state index in [0.717, 1.165) is 5.56 Å². The Morgan fingerprint density at radius 2 is 1.85 bits per heavy atom. The van der Waals surface area contributed by atoms with Gasteiger partial charge in [-0.15, -0.1) is 0 Å². The molecule has 104 valence electrons. The molecule has 20 heavy (non-hydrogen) atoms. The number of aromatic carboxylic acids is 1. The van der Waals surface area contributed by atoms with Gasteiger partial charge in [0.2, 0.25) is 0 Å². The molecule has 0 fully saturated rings. The number of ether oxygens (including phenoxy) is 1. The van der Waals surface area contributed by atoms with Crippen molar-refractivity contribution in [3.63, 3.8) is 0 Å². The zero-order valence-corrected chi connectivity index (χ0v) is 13.2. The van der Waals surface area contributed by atoms with Crippen LogP contribution in [-0.4, -0.2) is 5.97 Å². The summed E-state index contributed by atoms with van der Waals surface area (Å²) in [5.74, 6) is -1.49. The Morgan fingerprint density at radius 1 is 1.20 bits per heavy atom. The summed E-state index contributed by atoms with van der Waals surface area (Å²) in [5.41, 5.74) is 0.666. The zero-order valence-electron chi connectivity index (χ0n) is 10.0. The first-order valence-electron chi connectivity index (χ1n) is 5.55. The molecular formula is C14H8Br2FO3-. The lowest BCUT2D eigenvalue weighted by Gasteiger charge is -2.14. The van der Waals surface area contributed by atoms with Crippen molar-refractivity contribution in [2.45, 2.75) is 6.61 Å². The van der Waals surface area contributed by atoms with E-state index in [0.29, 0.717) is 8.95 Å². The second-order valence-electron chi connectivity index (χ2n) is 3.97. The quantitative estimate of drug-likeness (QED) is 0.788. The Labute approximate surface area is 131 Å². The molecule has 3 nitrogen and oxygen atoms in total. The van der Waals surface area contributed by atoms with Gasteiger partial charge >= 0.3 is 0 Å². The summed E-state index contributed by atoms with van der Waals surface area (Å²) in [6.07, 6.45) is 0. The molecule has 0 atom stereocenters. The number of carboxylic acid groups (broad SMARTS) is 1. The molecule has 0 spiro atoms. The summed E-state index contributed by atoms with van der Waals surface area (Å²) in [6, 6.07) is 8.85. The van der Waals surface area contributed by atoms with Gasteiger partial charge in [0.25, 0.3) is 0 Å². The smallest absolute Gasteiger partial charge is 0.143 e. The van der Waals surface area contributed by atoms with E-state index in [9.17, 15) is 14.3 Å². The highest BCUT2D eigenvalue weighted by Crippen LogP contribution is 2.33. The predicted molar refractivity (Wildman–Crippen MR) is 76.9 cm³/mol. The lowest BCUT2D eigenvalue weighted by atomic mass is 10.2. The first-order valence-corrected chi connectivity index (χ1v) is 7.13. The average molecular weight is 403 g/mol. The van der Waals surface area contributed by atoms with E-state index in [1.54, 1.807) is 18.2 Å². The summed E-state index contributed by atoms with van der Waals surface area (Å²) in [7, 11) is 0. The minimum absolute atomic E-state index is 0.0617. The van der Waals surface area contributed by atoms with Crippen LogP contribution >= 0.6 is 31.9 Å². The molecule has 0 bridgehead atoms. The Bertz CT molecular complexity index is 642. The molecule has 0 aliphatic rings. The molecule has 0 aromatic heterocycles. The van der Waals surface area contributed by atoms with Crippen molar-refractivity contribution < 1.29 is 19.0 Å². The Kier molecular flexibility index (Phi) is 4.77. The number of hydrogen-bond acceptors (Lipinski definition) is 3. The van der Waals surface area contributed by atoms with Crippen molar-refractivity contribution in [3.8, 4) is 5.75 Å². The minimum atomic E-state index is -1.33. The van der Waals surface area contributed by atoms with E-state index in [2.05, 4.69) is 31.9 Å². The van der Waals surface area contributed by atoms with E-state index in [4.69, 9.17) is 4.74 Å². The molecule has 0 saturated heterocycles. The molecule has 0 saturated carbocycles. The van der Waals surface area contributed by atoms with Crippen LogP contribution < -0.4 is 9.84 Å². The van der Waals surface area contributed by atoms with Crippen molar-refractivity contribution in [1.29, 1.82) is 0 Å². The average Bonchev–Trinajstić information content (AvgIpc) is 2.38. The zero-order chi connectivity index (χ0) is 14.7. The van der Waals surface area contributed by atoms with Crippen LogP contribution in [0, 0.1) is 5.82 Å². The third-order valence-corrected chi connectivity index (χ3v) is 3.57. The fraction of sp³-hybridized carbons (Fsp3) is 0.0714. The largest absolute Gasteiger partial charge is 0.545 e. The number of rotatable bonds is 4. The highest BCUT2D eigenvalue weighted by molar-refractivity contribution is 9.11. The van der Waals surface area contributed by atoms with E-state index in [1.165, 1.54) is 18.2 Å². The van der Waals surface area contributed by atoms with Gasteiger partial charge in [-0.2, -0.15) is 0 Å². The number of halogens is 3. The normalized spacial score (nSPS) is 10.3. The van der Waals surface area contributed by atoms with Crippen LogP contribution in [-0.2, 0) is 6.61 Å². The fourth-order valence-electron chi connectivity index (χ4n) is 1.59. The maximum absolute atomic E-state index is 12.8. The molecule has 0 aliphatic carbocycles. The third kappa shape index (κ3) is 3.58.